The lowest BCUT2D eigenvalue weighted by atomic mass is 9.94. The second kappa shape index (κ2) is 4.31. The Balaban J connectivity index is 1.99. The van der Waals surface area contributed by atoms with Gasteiger partial charge < -0.3 is 9.97 Å². The van der Waals surface area contributed by atoms with E-state index in [-0.39, 0.29) is 18.2 Å². The average molecular weight is 280 g/mol. The number of aromatic nitrogens is 3. The summed E-state index contributed by atoms with van der Waals surface area (Å²) < 4.78 is 0. The van der Waals surface area contributed by atoms with E-state index < -0.39 is 5.92 Å². The number of nitrogens with zero attached hydrogens (tertiary/aromatic N) is 1. The molecule has 1 aliphatic heterocycles. The van der Waals surface area contributed by atoms with Gasteiger partial charge in [0.05, 0.1) is 17.3 Å². The SMILES string of the molecule is O=C1CC(c2c(-c3ccc[nH]3)[nH]c3ncccc23)C(=O)N1. The zero-order valence-electron chi connectivity index (χ0n) is 11.0. The molecule has 2 amide bonds. The summed E-state index contributed by atoms with van der Waals surface area (Å²) in [5.41, 5.74) is 3.21. The van der Waals surface area contributed by atoms with Crippen LogP contribution < -0.4 is 5.32 Å². The molecule has 0 saturated carbocycles. The third-order valence-corrected chi connectivity index (χ3v) is 3.80. The minimum absolute atomic E-state index is 0.175. The van der Waals surface area contributed by atoms with Gasteiger partial charge in [0.25, 0.3) is 0 Å². The second-order valence-electron chi connectivity index (χ2n) is 5.07. The van der Waals surface area contributed by atoms with Crippen molar-refractivity contribution in [2.75, 3.05) is 0 Å². The van der Waals surface area contributed by atoms with Crippen LogP contribution in [0.3, 0.4) is 0 Å². The number of hydrogen-bond acceptors (Lipinski definition) is 3. The third-order valence-electron chi connectivity index (χ3n) is 3.80. The normalized spacial score (nSPS) is 18.4. The van der Waals surface area contributed by atoms with Crippen molar-refractivity contribution in [1.82, 2.24) is 20.3 Å². The molecule has 3 aromatic rings. The third kappa shape index (κ3) is 1.76. The second-order valence-corrected chi connectivity index (χ2v) is 5.07. The van der Waals surface area contributed by atoms with Gasteiger partial charge >= 0.3 is 0 Å². The molecule has 21 heavy (non-hydrogen) atoms. The number of hydrogen-bond donors (Lipinski definition) is 3. The molecule has 0 radical (unpaired) electrons. The van der Waals surface area contributed by atoms with Crippen LogP contribution in [0.4, 0.5) is 0 Å². The molecule has 104 valence electrons. The molecule has 6 heteroatoms. The molecular formula is C15H12N4O2. The van der Waals surface area contributed by atoms with Crippen LogP contribution in [0.25, 0.3) is 22.4 Å². The molecule has 3 N–H and O–H groups in total. The smallest absolute Gasteiger partial charge is 0.234 e. The zero-order chi connectivity index (χ0) is 14.4. The van der Waals surface area contributed by atoms with Gasteiger partial charge in [-0.2, -0.15) is 0 Å². The van der Waals surface area contributed by atoms with E-state index in [0.29, 0.717) is 5.65 Å². The lowest BCUT2D eigenvalue weighted by Gasteiger charge is -2.08. The molecule has 3 aromatic heterocycles. The van der Waals surface area contributed by atoms with Crippen LogP contribution in [0.2, 0.25) is 0 Å². The summed E-state index contributed by atoms with van der Waals surface area (Å²) >= 11 is 0. The maximum Gasteiger partial charge on any atom is 0.234 e. The zero-order valence-corrected chi connectivity index (χ0v) is 11.0. The van der Waals surface area contributed by atoms with Crippen molar-refractivity contribution >= 4 is 22.8 Å². The van der Waals surface area contributed by atoms with Gasteiger partial charge in [0, 0.05) is 29.8 Å². The molecule has 0 bridgehead atoms. The largest absolute Gasteiger partial charge is 0.360 e. The number of carbonyl (C=O) groups excluding carboxylic acids is 2. The average Bonchev–Trinajstić information content (AvgIpc) is 3.16. The number of H-pyrrole nitrogens is 2. The lowest BCUT2D eigenvalue weighted by molar-refractivity contribution is -0.125. The van der Waals surface area contributed by atoms with Crippen molar-refractivity contribution < 1.29 is 9.59 Å². The Morgan fingerprint density at radius 1 is 1.19 bits per heavy atom. The van der Waals surface area contributed by atoms with Crippen LogP contribution in [0.5, 0.6) is 0 Å². The molecule has 1 saturated heterocycles. The van der Waals surface area contributed by atoms with Gasteiger partial charge in [-0.25, -0.2) is 4.98 Å². The maximum absolute atomic E-state index is 12.1. The molecule has 0 spiro atoms. The van der Waals surface area contributed by atoms with Crippen molar-refractivity contribution in [1.29, 1.82) is 0 Å². The first-order chi connectivity index (χ1) is 10.2. The molecule has 0 aliphatic carbocycles. The van der Waals surface area contributed by atoms with Crippen LogP contribution in [0.15, 0.2) is 36.7 Å². The first-order valence-electron chi connectivity index (χ1n) is 6.68. The van der Waals surface area contributed by atoms with E-state index in [0.717, 1.165) is 22.3 Å². The monoisotopic (exact) mass is 280 g/mol. The number of nitrogens with one attached hydrogen (secondary N) is 3. The predicted molar refractivity (Wildman–Crippen MR) is 76.4 cm³/mol. The molecule has 1 aliphatic rings. The van der Waals surface area contributed by atoms with Crippen molar-refractivity contribution in [3.8, 4) is 11.4 Å². The number of fused-ring (bicyclic) bond motifs is 1. The molecule has 1 unspecified atom stereocenters. The van der Waals surface area contributed by atoms with Crippen LogP contribution in [-0.2, 0) is 9.59 Å². The Hall–Kier alpha value is -2.89. The van der Waals surface area contributed by atoms with Crippen LogP contribution in [0.1, 0.15) is 17.9 Å². The summed E-state index contributed by atoms with van der Waals surface area (Å²) in [6.07, 6.45) is 3.69. The van der Waals surface area contributed by atoms with Gasteiger partial charge in [0.2, 0.25) is 11.8 Å². The fourth-order valence-electron chi connectivity index (χ4n) is 2.89. The summed E-state index contributed by atoms with van der Waals surface area (Å²) in [7, 11) is 0. The van der Waals surface area contributed by atoms with Crippen LogP contribution >= 0.6 is 0 Å². The van der Waals surface area contributed by atoms with Crippen LogP contribution in [0, 0.1) is 0 Å². The highest BCUT2D eigenvalue weighted by Gasteiger charge is 2.36. The Labute approximate surface area is 119 Å². The minimum atomic E-state index is -0.478. The summed E-state index contributed by atoms with van der Waals surface area (Å²) in [5.74, 6) is -0.966. The molecule has 1 fully saturated rings. The van der Waals surface area contributed by atoms with E-state index in [4.69, 9.17) is 0 Å². The van der Waals surface area contributed by atoms with Crippen molar-refractivity contribution in [3.63, 3.8) is 0 Å². The molecule has 4 heterocycles. The first kappa shape index (κ1) is 11.9. The number of imide groups is 1. The molecule has 6 nitrogen and oxygen atoms in total. The van der Waals surface area contributed by atoms with Gasteiger partial charge in [-0.05, 0) is 24.3 Å². The van der Waals surface area contributed by atoms with E-state index in [1.807, 2.05) is 30.5 Å². The Morgan fingerprint density at radius 3 is 2.81 bits per heavy atom. The number of pyridine rings is 1. The Morgan fingerprint density at radius 2 is 2.10 bits per heavy atom. The van der Waals surface area contributed by atoms with Crippen molar-refractivity contribution in [2.24, 2.45) is 0 Å². The van der Waals surface area contributed by atoms with Gasteiger partial charge in [0.1, 0.15) is 5.65 Å². The van der Waals surface area contributed by atoms with Gasteiger partial charge in [-0.3, -0.25) is 14.9 Å². The van der Waals surface area contributed by atoms with Gasteiger partial charge in [-0.15, -0.1) is 0 Å². The van der Waals surface area contributed by atoms with E-state index in [1.54, 1.807) is 6.20 Å². The van der Waals surface area contributed by atoms with Crippen molar-refractivity contribution in [2.45, 2.75) is 12.3 Å². The number of rotatable bonds is 2. The minimum Gasteiger partial charge on any atom is -0.360 e. The maximum atomic E-state index is 12.1. The Kier molecular flexibility index (Phi) is 2.44. The topological polar surface area (TPSA) is 90.6 Å². The lowest BCUT2D eigenvalue weighted by Crippen LogP contribution is -2.21. The number of amides is 2. The highest BCUT2D eigenvalue weighted by atomic mass is 16.2. The van der Waals surface area contributed by atoms with E-state index >= 15 is 0 Å². The fourth-order valence-corrected chi connectivity index (χ4v) is 2.89. The first-order valence-corrected chi connectivity index (χ1v) is 6.68. The molecule has 1 atom stereocenters. The Bertz CT molecular complexity index is 848. The summed E-state index contributed by atoms with van der Waals surface area (Å²) in [5, 5.41) is 3.24. The van der Waals surface area contributed by atoms with E-state index in [2.05, 4.69) is 20.3 Å². The van der Waals surface area contributed by atoms with E-state index in [1.165, 1.54) is 0 Å². The van der Waals surface area contributed by atoms with E-state index in [9.17, 15) is 9.59 Å². The molecule has 0 aromatic carbocycles. The number of carbonyl (C=O) groups is 2. The highest BCUT2D eigenvalue weighted by molar-refractivity contribution is 6.09. The fraction of sp³-hybridized carbons (Fsp3) is 0.133. The predicted octanol–water partition coefficient (Wildman–Crippen LogP) is 1.69. The molecule has 4 rings (SSSR count). The van der Waals surface area contributed by atoms with Crippen molar-refractivity contribution in [3.05, 3.63) is 42.2 Å². The summed E-state index contributed by atoms with van der Waals surface area (Å²) in [6.45, 7) is 0. The van der Waals surface area contributed by atoms with Gasteiger partial charge in [-0.1, -0.05) is 0 Å². The molecular weight excluding hydrogens is 268 g/mol. The standard InChI is InChI=1S/C15H12N4O2/c20-11-7-9(15(21)18-11)12-8-3-1-6-17-14(8)19-13(12)10-4-2-5-16-10/h1-6,9,16H,7H2,(H,17,19)(H,18,20,21). The van der Waals surface area contributed by atoms with Crippen LogP contribution in [-0.4, -0.2) is 26.8 Å². The highest BCUT2D eigenvalue weighted by Crippen LogP contribution is 2.37. The number of aromatic amines is 2. The summed E-state index contributed by atoms with van der Waals surface area (Å²) in [4.78, 5) is 34.3. The quantitative estimate of drug-likeness (QED) is 0.624. The van der Waals surface area contributed by atoms with Gasteiger partial charge in [0.15, 0.2) is 0 Å². The summed E-state index contributed by atoms with van der Waals surface area (Å²) in [6, 6.07) is 7.55.